The van der Waals surface area contributed by atoms with E-state index in [0.29, 0.717) is 11.8 Å². The van der Waals surface area contributed by atoms with Crippen molar-refractivity contribution in [1.29, 1.82) is 0 Å². The van der Waals surface area contributed by atoms with E-state index in [0.717, 1.165) is 64.9 Å². The Morgan fingerprint density at radius 3 is 3.08 bits per heavy atom. The maximum Gasteiger partial charge on any atom is 0.223 e. The molecule has 186 valence electrons. The topological polar surface area (TPSA) is 96.7 Å². The van der Waals surface area contributed by atoms with Crippen LogP contribution in [0.25, 0.3) is 15.7 Å². The number of thiophene rings is 1. The number of nitrogens with zero attached hydrogens (tertiary/aromatic N) is 5. The third-order valence-corrected chi connectivity index (χ3v) is 9.40. The molecule has 4 aromatic rings. The number of nitrogens with one attached hydrogen (secondary N) is 2. The first kappa shape index (κ1) is 22.0. The van der Waals surface area contributed by atoms with Crippen LogP contribution in [0.4, 0.5) is 11.5 Å². The second kappa shape index (κ2) is 8.41. The summed E-state index contributed by atoms with van der Waals surface area (Å²) < 4.78 is 7.39. The summed E-state index contributed by atoms with van der Waals surface area (Å²) in [5.74, 6) is 3.31. The summed E-state index contributed by atoms with van der Waals surface area (Å²) in [5.41, 5.74) is 3.06. The number of fused-ring (bicyclic) bond motifs is 5. The Kier molecular flexibility index (Phi) is 5.14. The van der Waals surface area contributed by atoms with Gasteiger partial charge >= 0.3 is 0 Å². The largest absolute Gasteiger partial charge is 0.493 e. The molecule has 1 aliphatic heterocycles. The van der Waals surface area contributed by atoms with Crippen molar-refractivity contribution < 1.29 is 9.53 Å². The van der Waals surface area contributed by atoms with E-state index >= 15 is 0 Å². The van der Waals surface area contributed by atoms with Gasteiger partial charge in [0.2, 0.25) is 5.91 Å². The zero-order chi connectivity index (χ0) is 24.4. The van der Waals surface area contributed by atoms with Crippen LogP contribution in [0.5, 0.6) is 5.75 Å². The van der Waals surface area contributed by atoms with Crippen LogP contribution in [-0.4, -0.2) is 63.7 Å². The Bertz CT molecular complexity index is 1480. The zero-order valence-electron chi connectivity index (χ0n) is 20.4. The number of amides is 1. The molecule has 7 rings (SSSR count). The van der Waals surface area contributed by atoms with Gasteiger partial charge in [0.25, 0.3) is 0 Å². The van der Waals surface area contributed by atoms with Crippen molar-refractivity contribution in [3.63, 3.8) is 0 Å². The molecule has 1 saturated carbocycles. The predicted molar refractivity (Wildman–Crippen MR) is 139 cm³/mol. The van der Waals surface area contributed by atoms with Crippen LogP contribution >= 0.6 is 11.3 Å². The lowest BCUT2D eigenvalue weighted by molar-refractivity contribution is -0.125. The smallest absolute Gasteiger partial charge is 0.223 e. The number of hydrogen-bond acceptors (Lipinski definition) is 8. The number of methoxy groups -OCH3 is 1. The van der Waals surface area contributed by atoms with Gasteiger partial charge in [-0.25, -0.2) is 14.5 Å². The molecule has 1 saturated heterocycles. The van der Waals surface area contributed by atoms with Gasteiger partial charge in [-0.15, -0.1) is 11.3 Å². The van der Waals surface area contributed by atoms with Crippen molar-refractivity contribution >= 4 is 44.5 Å². The van der Waals surface area contributed by atoms with Gasteiger partial charge in [0.1, 0.15) is 17.0 Å². The van der Waals surface area contributed by atoms with Gasteiger partial charge in [-0.2, -0.15) is 5.10 Å². The fraction of sp³-hybridized carbons (Fsp3) is 0.462. The van der Waals surface area contributed by atoms with E-state index in [-0.39, 0.29) is 11.8 Å². The number of aromatic nitrogens is 4. The van der Waals surface area contributed by atoms with Gasteiger partial charge in [0.15, 0.2) is 5.75 Å². The SMILES string of the molecule is COc1cn2nccc2cc1Nc1ncnc2sc3c(c12)CC[C@H](C(=O)NCC1C2CC2CN1C)C3. The molecule has 2 N–H and O–H groups in total. The van der Waals surface area contributed by atoms with Crippen molar-refractivity contribution in [1.82, 2.24) is 29.8 Å². The molecule has 4 aromatic heterocycles. The first-order valence-electron chi connectivity index (χ1n) is 12.6. The molecule has 0 bridgehead atoms. The van der Waals surface area contributed by atoms with Gasteiger partial charge < -0.3 is 20.3 Å². The van der Waals surface area contributed by atoms with Crippen LogP contribution in [0.1, 0.15) is 23.3 Å². The normalized spacial score (nSPS) is 25.1. The van der Waals surface area contributed by atoms with Crippen LogP contribution in [0.3, 0.4) is 0 Å². The summed E-state index contributed by atoms with van der Waals surface area (Å²) in [7, 11) is 3.83. The lowest BCUT2D eigenvalue weighted by atomic mass is 9.87. The molecule has 4 atom stereocenters. The minimum atomic E-state index is 0.0148. The highest BCUT2D eigenvalue weighted by molar-refractivity contribution is 7.19. The number of piperidine rings is 1. The van der Waals surface area contributed by atoms with Gasteiger partial charge in [-0.05, 0) is 62.3 Å². The van der Waals surface area contributed by atoms with Crippen molar-refractivity contribution in [3.05, 3.63) is 41.3 Å². The zero-order valence-corrected chi connectivity index (χ0v) is 21.2. The number of carbonyl (C=O) groups is 1. The summed E-state index contributed by atoms with van der Waals surface area (Å²) >= 11 is 1.69. The third-order valence-electron chi connectivity index (χ3n) is 8.23. The van der Waals surface area contributed by atoms with Gasteiger partial charge in [-0.1, -0.05) is 0 Å². The number of carbonyl (C=O) groups excluding carboxylic acids is 1. The van der Waals surface area contributed by atoms with E-state index in [4.69, 9.17) is 4.74 Å². The molecule has 0 spiro atoms. The predicted octanol–water partition coefficient (Wildman–Crippen LogP) is 3.26. The molecule has 3 unspecified atom stereocenters. The van der Waals surface area contributed by atoms with Crippen LogP contribution in [0.2, 0.25) is 0 Å². The molecule has 3 aliphatic rings. The molecule has 10 heteroatoms. The summed E-state index contributed by atoms with van der Waals surface area (Å²) in [4.78, 5) is 26.9. The average Bonchev–Trinajstić information content (AvgIpc) is 3.20. The van der Waals surface area contributed by atoms with Crippen molar-refractivity contribution in [2.45, 2.75) is 31.7 Å². The summed E-state index contributed by atoms with van der Waals surface area (Å²) in [6, 6.07) is 4.46. The molecule has 2 fully saturated rings. The van der Waals surface area contributed by atoms with E-state index < -0.39 is 0 Å². The Hall–Kier alpha value is -3.24. The fourth-order valence-corrected chi connectivity index (χ4v) is 7.47. The maximum absolute atomic E-state index is 13.1. The quantitative estimate of drug-likeness (QED) is 0.417. The second-order valence-electron chi connectivity index (χ2n) is 10.3. The first-order valence-corrected chi connectivity index (χ1v) is 13.4. The Morgan fingerprint density at radius 1 is 1.33 bits per heavy atom. The lowest BCUT2D eigenvalue weighted by Crippen LogP contribution is -2.43. The minimum absolute atomic E-state index is 0.0148. The highest BCUT2D eigenvalue weighted by Gasteiger charge is 2.50. The van der Waals surface area contributed by atoms with E-state index in [1.165, 1.54) is 23.4 Å². The first-order chi connectivity index (χ1) is 17.6. The highest BCUT2D eigenvalue weighted by Crippen LogP contribution is 2.48. The number of rotatable bonds is 6. The van der Waals surface area contributed by atoms with Gasteiger partial charge in [0, 0.05) is 36.1 Å². The molecule has 0 aromatic carbocycles. The van der Waals surface area contributed by atoms with E-state index in [9.17, 15) is 4.79 Å². The summed E-state index contributed by atoms with van der Waals surface area (Å²) in [5, 5.41) is 12.1. The number of aryl methyl sites for hydroxylation is 1. The van der Waals surface area contributed by atoms with Crippen molar-refractivity contribution in [3.8, 4) is 5.75 Å². The second-order valence-corrected chi connectivity index (χ2v) is 11.4. The number of hydrogen-bond donors (Lipinski definition) is 2. The Balaban J connectivity index is 1.12. The molecule has 1 amide bonds. The van der Waals surface area contributed by atoms with Crippen LogP contribution in [0.15, 0.2) is 30.9 Å². The molecule has 36 heavy (non-hydrogen) atoms. The standard InChI is InChI=1S/C26H29N7O2S/c1-32-11-15-7-18(15)20(32)10-27-25(34)14-3-4-17-22(8-14)36-26-23(17)24(28-13-29-26)31-19-9-16-5-6-30-33(16)12-21(19)35-2/h5-6,9,12-15,18,20H,3-4,7-8,10-11H2,1-2H3,(H,27,34)(H,28,29,31)/t14-,15?,18?,20?/m0/s1. The third kappa shape index (κ3) is 3.62. The minimum Gasteiger partial charge on any atom is -0.493 e. The van der Waals surface area contributed by atoms with Crippen LogP contribution < -0.4 is 15.4 Å². The van der Waals surface area contributed by atoms with E-state index in [1.54, 1.807) is 35.5 Å². The molecule has 2 aliphatic carbocycles. The van der Waals surface area contributed by atoms with Crippen molar-refractivity contribution in [2.75, 3.05) is 32.6 Å². The van der Waals surface area contributed by atoms with Crippen LogP contribution in [0, 0.1) is 17.8 Å². The van der Waals surface area contributed by atoms with E-state index in [2.05, 4.69) is 37.6 Å². The maximum atomic E-state index is 13.1. The highest BCUT2D eigenvalue weighted by atomic mass is 32.1. The Labute approximate surface area is 212 Å². The molecule has 5 heterocycles. The molecule has 9 nitrogen and oxygen atoms in total. The number of ether oxygens (including phenoxy) is 1. The number of likely N-dealkylation sites (tertiary alicyclic amines) is 1. The summed E-state index contributed by atoms with van der Waals surface area (Å²) in [6.45, 7) is 1.95. The van der Waals surface area contributed by atoms with Gasteiger partial charge in [0.05, 0.1) is 29.9 Å². The lowest BCUT2D eigenvalue weighted by Gasteiger charge is -2.26. The average molecular weight is 504 g/mol. The fourth-order valence-electron chi connectivity index (χ4n) is 6.20. The van der Waals surface area contributed by atoms with Crippen molar-refractivity contribution in [2.24, 2.45) is 17.8 Å². The molecule has 0 radical (unpaired) electrons. The van der Waals surface area contributed by atoms with Crippen LogP contribution in [-0.2, 0) is 17.6 Å². The monoisotopic (exact) mass is 503 g/mol. The molecular formula is C26H29N7O2S. The molecular weight excluding hydrogens is 474 g/mol. The number of likely N-dealkylation sites (N-methyl/N-ethyl adjacent to an activating group) is 1. The number of anilines is 2. The summed E-state index contributed by atoms with van der Waals surface area (Å²) in [6.07, 6.45) is 9.01. The Morgan fingerprint density at radius 2 is 2.25 bits per heavy atom. The number of pyridine rings is 1. The van der Waals surface area contributed by atoms with Gasteiger partial charge in [-0.3, -0.25) is 4.79 Å². The van der Waals surface area contributed by atoms with E-state index in [1.807, 2.05) is 18.3 Å².